The standard InChI is InChI=1S/C5H5N9.C3H8/c6-2-9-3-7-1-8-11-5-13-12-4(10-2)14(3)5;1-3-2/h1H2,(H3,6,7,9,10,12);3H2,1-2H3. The third-order valence-corrected chi connectivity index (χ3v) is 1.74. The van der Waals surface area contributed by atoms with Crippen molar-refractivity contribution in [3.05, 3.63) is 0 Å². The number of anilines is 2. The van der Waals surface area contributed by atoms with Crippen molar-refractivity contribution in [1.29, 1.82) is 0 Å². The molecule has 0 radical (unpaired) electrons. The van der Waals surface area contributed by atoms with E-state index < -0.39 is 0 Å². The lowest BCUT2D eigenvalue weighted by molar-refractivity contribution is 0.980. The number of aromatic nitrogens is 5. The first-order valence-corrected chi connectivity index (χ1v) is 5.26. The minimum atomic E-state index is 0.140. The highest BCUT2D eigenvalue weighted by molar-refractivity contribution is 5.49. The number of nitrogens with one attached hydrogen (secondary N) is 1. The quantitative estimate of drug-likeness (QED) is 0.702. The molecule has 90 valence electrons. The maximum Gasteiger partial charge on any atom is 0.278 e. The molecule has 2 aromatic heterocycles. The van der Waals surface area contributed by atoms with Crippen LogP contribution in [-0.4, -0.2) is 31.2 Å². The van der Waals surface area contributed by atoms with Crippen molar-refractivity contribution >= 4 is 23.6 Å². The van der Waals surface area contributed by atoms with Gasteiger partial charge in [-0.3, -0.25) is 0 Å². The Labute approximate surface area is 97.2 Å². The van der Waals surface area contributed by atoms with Crippen LogP contribution in [0.2, 0.25) is 0 Å². The summed E-state index contributed by atoms with van der Waals surface area (Å²) >= 11 is 0. The zero-order chi connectivity index (χ0) is 12.3. The number of nitrogens with zero attached hydrogens (tertiary/aromatic N) is 7. The maximum atomic E-state index is 5.48. The van der Waals surface area contributed by atoms with E-state index in [0.717, 1.165) is 0 Å². The van der Waals surface area contributed by atoms with Crippen LogP contribution in [-0.2, 0) is 0 Å². The molecule has 0 fully saturated rings. The van der Waals surface area contributed by atoms with Gasteiger partial charge in [0.25, 0.3) is 11.7 Å². The monoisotopic (exact) mass is 235 g/mol. The molecule has 0 aromatic carbocycles. The van der Waals surface area contributed by atoms with E-state index in [1.54, 1.807) is 4.40 Å². The van der Waals surface area contributed by atoms with Crippen LogP contribution >= 0.6 is 0 Å². The first kappa shape index (κ1) is 11.2. The highest BCUT2D eigenvalue weighted by atomic mass is 15.4. The normalized spacial score (nSPS) is 12.6. The first-order valence-electron chi connectivity index (χ1n) is 5.26. The molecule has 0 atom stereocenters. The highest BCUT2D eigenvalue weighted by Crippen LogP contribution is 2.18. The van der Waals surface area contributed by atoms with E-state index in [2.05, 4.69) is 49.6 Å². The summed E-state index contributed by atoms with van der Waals surface area (Å²) in [6, 6.07) is 0. The lowest BCUT2D eigenvalue weighted by Crippen LogP contribution is -2.08. The first-order chi connectivity index (χ1) is 8.26. The number of nitrogen functional groups attached to an aromatic ring is 1. The van der Waals surface area contributed by atoms with Gasteiger partial charge in [-0.25, -0.2) is 4.40 Å². The topological polar surface area (TPSA) is 119 Å². The van der Waals surface area contributed by atoms with Crippen LogP contribution in [0.25, 0.3) is 5.78 Å². The van der Waals surface area contributed by atoms with E-state index in [0.29, 0.717) is 24.3 Å². The minimum absolute atomic E-state index is 0.140. The van der Waals surface area contributed by atoms with Crippen LogP contribution in [0.3, 0.4) is 0 Å². The third-order valence-electron chi connectivity index (χ3n) is 1.74. The molecular formula is C8H13N9. The average Bonchev–Trinajstić information content (AvgIpc) is 2.56. The van der Waals surface area contributed by atoms with Crippen molar-refractivity contribution in [2.75, 3.05) is 17.7 Å². The van der Waals surface area contributed by atoms with Gasteiger partial charge in [0.1, 0.15) is 6.67 Å². The third kappa shape index (κ3) is 2.12. The smallest absolute Gasteiger partial charge is 0.278 e. The molecule has 0 saturated heterocycles. The number of hydrogen-bond acceptors (Lipinski definition) is 8. The van der Waals surface area contributed by atoms with Crippen LogP contribution in [0, 0.1) is 0 Å². The SMILES string of the molecule is CCC.Nc1nc2n3c(nnc3n1)N=NCN2. The molecule has 0 unspecified atom stereocenters. The molecule has 2 aromatic rings. The number of hydrogen-bond donors (Lipinski definition) is 2. The summed E-state index contributed by atoms with van der Waals surface area (Å²) in [6.07, 6.45) is 1.25. The predicted molar refractivity (Wildman–Crippen MR) is 62.0 cm³/mol. The molecule has 0 amide bonds. The van der Waals surface area contributed by atoms with Gasteiger partial charge in [0.05, 0.1) is 0 Å². The second-order valence-electron chi connectivity index (χ2n) is 3.32. The van der Waals surface area contributed by atoms with Crippen molar-refractivity contribution in [2.45, 2.75) is 20.3 Å². The fourth-order valence-corrected chi connectivity index (χ4v) is 1.20. The Balaban J connectivity index is 0.000000329. The molecule has 9 nitrogen and oxygen atoms in total. The van der Waals surface area contributed by atoms with E-state index in [4.69, 9.17) is 5.73 Å². The Morgan fingerprint density at radius 1 is 1.29 bits per heavy atom. The van der Waals surface area contributed by atoms with Gasteiger partial charge < -0.3 is 11.1 Å². The lowest BCUT2D eigenvalue weighted by atomic mass is 10.6. The zero-order valence-electron chi connectivity index (χ0n) is 9.62. The Bertz CT molecular complexity index is 543. The van der Waals surface area contributed by atoms with Crippen molar-refractivity contribution in [1.82, 2.24) is 24.6 Å². The van der Waals surface area contributed by atoms with Gasteiger partial charge in [-0.2, -0.15) is 15.1 Å². The second-order valence-corrected chi connectivity index (χ2v) is 3.32. The number of azo groups is 1. The molecular weight excluding hydrogens is 222 g/mol. The molecule has 0 bridgehead atoms. The van der Waals surface area contributed by atoms with Crippen molar-refractivity contribution in [2.24, 2.45) is 10.2 Å². The predicted octanol–water partition coefficient (Wildman–Crippen LogP) is 0.984. The van der Waals surface area contributed by atoms with Crippen LogP contribution in [0.15, 0.2) is 10.2 Å². The van der Waals surface area contributed by atoms with E-state index in [1.807, 2.05) is 0 Å². The zero-order valence-corrected chi connectivity index (χ0v) is 9.62. The summed E-state index contributed by atoms with van der Waals surface area (Å²) in [7, 11) is 0. The summed E-state index contributed by atoms with van der Waals surface area (Å²) in [5, 5.41) is 18.1. The van der Waals surface area contributed by atoms with Gasteiger partial charge in [-0.1, -0.05) is 20.3 Å². The summed E-state index contributed by atoms with van der Waals surface area (Å²) in [5.74, 6) is 1.34. The molecule has 3 N–H and O–H groups in total. The van der Waals surface area contributed by atoms with Crippen LogP contribution in [0.4, 0.5) is 17.8 Å². The molecule has 0 aliphatic carbocycles. The van der Waals surface area contributed by atoms with E-state index in [-0.39, 0.29) is 5.95 Å². The van der Waals surface area contributed by atoms with Gasteiger partial charge in [-0.15, -0.1) is 15.3 Å². The molecule has 9 heteroatoms. The van der Waals surface area contributed by atoms with Crippen molar-refractivity contribution in [3.8, 4) is 0 Å². The second kappa shape index (κ2) is 4.68. The van der Waals surface area contributed by atoms with E-state index >= 15 is 0 Å². The fourth-order valence-electron chi connectivity index (χ4n) is 1.20. The summed E-state index contributed by atoms with van der Waals surface area (Å²) in [5.41, 5.74) is 5.48. The van der Waals surface area contributed by atoms with Gasteiger partial charge in [0.2, 0.25) is 11.9 Å². The van der Waals surface area contributed by atoms with E-state index in [1.165, 1.54) is 6.42 Å². The molecule has 3 heterocycles. The lowest BCUT2D eigenvalue weighted by Gasteiger charge is -2.02. The fraction of sp³-hybridized carbons (Fsp3) is 0.500. The Hall–Kier alpha value is -2.32. The average molecular weight is 235 g/mol. The molecule has 0 saturated carbocycles. The van der Waals surface area contributed by atoms with Crippen LogP contribution < -0.4 is 11.1 Å². The number of rotatable bonds is 0. The molecule has 1 aliphatic rings. The largest absolute Gasteiger partial charge is 0.368 e. The summed E-state index contributed by atoms with van der Waals surface area (Å²) in [6.45, 7) is 4.58. The van der Waals surface area contributed by atoms with Crippen molar-refractivity contribution < 1.29 is 0 Å². The summed E-state index contributed by atoms with van der Waals surface area (Å²) < 4.78 is 1.55. The highest BCUT2D eigenvalue weighted by Gasteiger charge is 2.14. The Morgan fingerprint density at radius 3 is 2.82 bits per heavy atom. The van der Waals surface area contributed by atoms with Crippen molar-refractivity contribution in [3.63, 3.8) is 0 Å². The van der Waals surface area contributed by atoms with Crippen LogP contribution in [0.1, 0.15) is 20.3 Å². The molecule has 17 heavy (non-hydrogen) atoms. The van der Waals surface area contributed by atoms with Gasteiger partial charge in [0, 0.05) is 0 Å². The molecule has 3 rings (SSSR count). The Morgan fingerprint density at radius 2 is 2.06 bits per heavy atom. The minimum Gasteiger partial charge on any atom is -0.368 e. The Kier molecular flexibility index (Phi) is 3.08. The maximum absolute atomic E-state index is 5.48. The molecule has 0 spiro atoms. The number of nitrogens with two attached hydrogens (primary N) is 1. The summed E-state index contributed by atoms with van der Waals surface area (Å²) in [4.78, 5) is 7.88. The van der Waals surface area contributed by atoms with Gasteiger partial charge in [0.15, 0.2) is 0 Å². The molecule has 1 aliphatic heterocycles. The van der Waals surface area contributed by atoms with Gasteiger partial charge >= 0.3 is 0 Å². The van der Waals surface area contributed by atoms with E-state index in [9.17, 15) is 0 Å². The van der Waals surface area contributed by atoms with Gasteiger partial charge in [-0.05, 0) is 0 Å². The van der Waals surface area contributed by atoms with Crippen LogP contribution in [0.5, 0.6) is 0 Å².